The first kappa shape index (κ1) is 19.9. The van der Waals surface area contributed by atoms with Crippen LogP contribution >= 0.6 is 0 Å². The standard InChI is InChI=1S/C24H22N2O3/c1-29-20-14-8-13-19(15-20)26-22(18-11-6-3-7-12-18)24(28)23(27)21(16-25)17-9-4-2-5-10-17/h2-16,22,26H,25H2,1H3. The molecule has 3 N–H and O–H groups in total. The highest BCUT2D eigenvalue weighted by molar-refractivity contribution is 6.55. The second-order valence-electron chi connectivity index (χ2n) is 6.36. The SMILES string of the molecule is COc1cccc(NC(C(=O)C(=O)C(=CN)c2ccccc2)c2ccccc2)c1. The number of methoxy groups -OCH3 is 1. The van der Waals surface area contributed by atoms with E-state index in [2.05, 4.69) is 5.32 Å². The van der Waals surface area contributed by atoms with Crippen LogP contribution in [0.25, 0.3) is 5.57 Å². The number of anilines is 1. The van der Waals surface area contributed by atoms with Crippen molar-refractivity contribution < 1.29 is 14.3 Å². The summed E-state index contributed by atoms with van der Waals surface area (Å²) in [6.45, 7) is 0. The van der Waals surface area contributed by atoms with Gasteiger partial charge < -0.3 is 15.8 Å². The summed E-state index contributed by atoms with van der Waals surface area (Å²) in [5, 5.41) is 3.16. The van der Waals surface area contributed by atoms with Gasteiger partial charge in [0.25, 0.3) is 0 Å². The third kappa shape index (κ3) is 4.71. The van der Waals surface area contributed by atoms with Gasteiger partial charge >= 0.3 is 0 Å². The number of nitrogens with two attached hydrogens (primary N) is 1. The van der Waals surface area contributed by atoms with Gasteiger partial charge in [0.1, 0.15) is 11.8 Å². The van der Waals surface area contributed by atoms with Crippen LogP contribution < -0.4 is 15.8 Å². The molecular formula is C24H22N2O3. The van der Waals surface area contributed by atoms with Crippen LogP contribution in [0.15, 0.2) is 91.1 Å². The van der Waals surface area contributed by atoms with Crippen LogP contribution in [0.3, 0.4) is 0 Å². The van der Waals surface area contributed by atoms with Crippen molar-refractivity contribution in [3.05, 3.63) is 102 Å². The summed E-state index contributed by atoms with van der Waals surface area (Å²) in [6, 6.07) is 24.3. The molecule has 3 aromatic rings. The van der Waals surface area contributed by atoms with E-state index < -0.39 is 17.6 Å². The predicted octanol–water partition coefficient (Wildman–Crippen LogP) is 3.99. The second kappa shape index (κ2) is 9.37. The van der Waals surface area contributed by atoms with Crippen LogP contribution in [0.5, 0.6) is 5.75 Å². The zero-order valence-electron chi connectivity index (χ0n) is 16.0. The maximum absolute atomic E-state index is 13.2. The predicted molar refractivity (Wildman–Crippen MR) is 114 cm³/mol. The van der Waals surface area contributed by atoms with E-state index >= 15 is 0 Å². The van der Waals surface area contributed by atoms with E-state index in [0.717, 1.165) is 0 Å². The highest BCUT2D eigenvalue weighted by atomic mass is 16.5. The lowest BCUT2D eigenvalue weighted by Gasteiger charge is -2.20. The van der Waals surface area contributed by atoms with Crippen LogP contribution in [0.1, 0.15) is 17.2 Å². The van der Waals surface area contributed by atoms with E-state index in [-0.39, 0.29) is 5.57 Å². The van der Waals surface area contributed by atoms with Crippen LogP contribution in [-0.2, 0) is 9.59 Å². The summed E-state index contributed by atoms with van der Waals surface area (Å²) in [4.78, 5) is 26.3. The number of hydrogen-bond acceptors (Lipinski definition) is 5. The molecule has 0 saturated carbocycles. The van der Waals surface area contributed by atoms with Crippen LogP contribution in [0.2, 0.25) is 0 Å². The highest BCUT2D eigenvalue weighted by Crippen LogP contribution is 2.26. The Kier molecular flexibility index (Phi) is 6.43. The Balaban J connectivity index is 1.95. The van der Waals surface area contributed by atoms with E-state index in [0.29, 0.717) is 22.6 Å². The number of rotatable bonds is 8. The van der Waals surface area contributed by atoms with Gasteiger partial charge in [-0.25, -0.2) is 0 Å². The third-order valence-corrected chi connectivity index (χ3v) is 4.50. The fourth-order valence-corrected chi connectivity index (χ4v) is 3.01. The molecule has 0 saturated heterocycles. The molecule has 5 heteroatoms. The molecule has 1 atom stereocenters. The van der Waals surface area contributed by atoms with Crippen LogP contribution in [-0.4, -0.2) is 18.7 Å². The number of Topliss-reactive ketones (excluding diaryl/α,β-unsaturated/α-hetero) is 2. The Labute approximate surface area is 169 Å². The normalized spacial score (nSPS) is 12.1. The first-order chi connectivity index (χ1) is 14.1. The van der Waals surface area contributed by atoms with Crippen molar-refractivity contribution >= 4 is 22.8 Å². The minimum Gasteiger partial charge on any atom is -0.497 e. The van der Waals surface area contributed by atoms with Crippen molar-refractivity contribution in [2.75, 3.05) is 12.4 Å². The molecule has 0 radical (unpaired) electrons. The largest absolute Gasteiger partial charge is 0.497 e. The molecule has 0 aliphatic heterocycles. The summed E-state index contributed by atoms with van der Waals surface area (Å²) >= 11 is 0. The van der Waals surface area contributed by atoms with E-state index in [4.69, 9.17) is 10.5 Å². The molecule has 3 rings (SSSR count). The lowest BCUT2D eigenvalue weighted by molar-refractivity contribution is -0.133. The van der Waals surface area contributed by atoms with Gasteiger partial charge in [-0.3, -0.25) is 9.59 Å². The molecule has 0 amide bonds. The number of hydrogen-bond donors (Lipinski definition) is 2. The molecule has 29 heavy (non-hydrogen) atoms. The van der Waals surface area contributed by atoms with Crippen molar-refractivity contribution in [3.8, 4) is 5.75 Å². The van der Waals surface area contributed by atoms with Crippen molar-refractivity contribution in [2.24, 2.45) is 5.73 Å². The molecule has 0 heterocycles. The van der Waals surface area contributed by atoms with E-state index in [1.807, 2.05) is 36.4 Å². The quantitative estimate of drug-likeness (QED) is 0.452. The summed E-state index contributed by atoms with van der Waals surface area (Å²) in [5.74, 6) is -0.602. The van der Waals surface area contributed by atoms with Crippen molar-refractivity contribution in [3.63, 3.8) is 0 Å². The third-order valence-electron chi connectivity index (χ3n) is 4.50. The smallest absolute Gasteiger partial charge is 0.233 e. The zero-order valence-corrected chi connectivity index (χ0v) is 16.0. The Morgan fingerprint density at radius 2 is 1.59 bits per heavy atom. The molecule has 0 aliphatic carbocycles. The maximum Gasteiger partial charge on any atom is 0.233 e. The summed E-state index contributed by atoms with van der Waals surface area (Å²) < 4.78 is 5.25. The molecule has 0 aliphatic rings. The Hall–Kier alpha value is -3.86. The number of benzene rings is 3. The maximum atomic E-state index is 13.2. The van der Waals surface area contributed by atoms with Crippen molar-refractivity contribution in [1.29, 1.82) is 0 Å². The number of carbonyl (C=O) groups excluding carboxylic acids is 2. The number of ketones is 2. The molecule has 3 aromatic carbocycles. The Bertz CT molecular complexity index is 1010. The summed E-state index contributed by atoms with van der Waals surface area (Å²) in [6.07, 6.45) is 1.18. The summed E-state index contributed by atoms with van der Waals surface area (Å²) in [7, 11) is 1.57. The lowest BCUT2D eigenvalue weighted by atomic mass is 9.93. The molecule has 0 aromatic heterocycles. The van der Waals surface area contributed by atoms with Crippen molar-refractivity contribution in [1.82, 2.24) is 0 Å². The van der Waals surface area contributed by atoms with Gasteiger partial charge in [0.2, 0.25) is 11.6 Å². The van der Waals surface area contributed by atoms with Crippen LogP contribution in [0.4, 0.5) is 5.69 Å². The van der Waals surface area contributed by atoms with E-state index in [1.165, 1.54) is 6.20 Å². The topological polar surface area (TPSA) is 81.4 Å². The van der Waals surface area contributed by atoms with Gasteiger partial charge in [-0.05, 0) is 23.3 Å². The minimum atomic E-state index is -0.866. The van der Waals surface area contributed by atoms with Gasteiger partial charge in [0, 0.05) is 23.5 Å². The first-order valence-corrected chi connectivity index (χ1v) is 9.15. The van der Waals surface area contributed by atoms with Crippen molar-refractivity contribution in [2.45, 2.75) is 6.04 Å². The first-order valence-electron chi connectivity index (χ1n) is 9.15. The van der Waals surface area contributed by atoms with Gasteiger partial charge in [-0.2, -0.15) is 0 Å². The molecule has 5 nitrogen and oxygen atoms in total. The number of allylic oxidation sites excluding steroid dienone is 1. The van der Waals surface area contributed by atoms with Gasteiger partial charge in [0.05, 0.1) is 7.11 Å². The summed E-state index contributed by atoms with van der Waals surface area (Å²) in [5.41, 5.74) is 7.81. The van der Waals surface area contributed by atoms with E-state index in [9.17, 15) is 9.59 Å². The average molecular weight is 386 g/mol. The van der Waals surface area contributed by atoms with Crippen LogP contribution in [0, 0.1) is 0 Å². The van der Waals surface area contributed by atoms with Gasteiger partial charge in [0.15, 0.2) is 0 Å². The number of ether oxygens (including phenoxy) is 1. The second-order valence-corrected chi connectivity index (χ2v) is 6.36. The molecule has 0 spiro atoms. The number of nitrogens with one attached hydrogen (secondary N) is 1. The monoisotopic (exact) mass is 386 g/mol. The number of carbonyl (C=O) groups is 2. The molecule has 0 fully saturated rings. The molecule has 0 bridgehead atoms. The zero-order chi connectivity index (χ0) is 20.6. The molecule has 1 unspecified atom stereocenters. The van der Waals surface area contributed by atoms with Gasteiger partial charge in [-0.1, -0.05) is 66.7 Å². The molecular weight excluding hydrogens is 364 g/mol. The lowest BCUT2D eigenvalue weighted by Crippen LogP contribution is -2.29. The Morgan fingerprint density at radius 3 is 2.21 bits per heavy atom. The average Bonchev–Trinajstić information content (AvgIpc) is 2.79. The van der Waals surface area contributed by atoms with Gasteiger partial charge in [-0.15, -0.1) is 0 Å². The fraction of sp³-hybridized carbons (Fsp3) is 0.0833. The fourth-order valence-electron chi connectivity index (χ4n) is 3.01. The molecule has 146 valence electrons. The van der Waals surface area contributed by atoms with E-state index in [1.54, 1.807) is 55.6 Å². The highest BCUT2D eigenvalue weighted by Gasteiger charge is 2.29. The Morgan fingerprint density at radius 1 is 0.931 bits per heavy atom. The minimum absolute atomic E-state index is 0.170.